The van der Waals surface area contributed by atoms with Crippen LogP contribution in [0, 0.1) is 13.8 Å². The van der Waals surface area contributed by atoms with Crippen LogP contribution in [0.4, 0.5) is 0 Å². The summed E-state index contributed by atoms with van der Waals surface area (Å²) in [6.07, 6.45) is 3.31. The first-order chi connectivity index (χ1) is 11.6. The fourth-order valence-corrected chi connectivity index (χ4v) is 3.39. The summed E-state index contributed by atoms with van der Waals surface area (Å²) in [5.74, 6) is 0.183. The van der Waals surface area contributed by atoms with Crippen LogP contribution in [-0.2, 0) is 11.2 Å². The monoisotopic (exact) mass is 326 g/mol. The van der Waals surface area contributed by atoms with Gasteiger partial charge in [0.25, 0.3) is 0 Å². The van der Waals surface area contributed by atoms with Gasteiger partial charge in [-0.3, -0.25) is 4.79 Å². The number of nitrogens with two attached hydrogens (primary N) is 1. The molecule has 0 saturated carbocycles. The molecule has 0 radical (unpaired) electrons. The van der Waals surface area contributed by atoms with Crippen molar-refractivity contribution in [2.75, 3.05) is 13.1 Å². The number of likely N-dealkylation sites (tertiary alicyclic amines) is 1. The van der Waals surface area contributed by atoms with Gasteiger partial charge in [0.2, 0.25) is 5.91 Å². The quantitative estimate of drug-likeness (QED) is 0.942. The van der Waals surface area contributed by atoms with Gasteiger partial charge in [0.1, 0.15) is 0 Å². The first-order valence-corrected chi connectivity index (χ1v) is 8.70. The largest absolute Gasteiger partial charge is 0.342 e. The van der Waals surface area contributed by atoms with E-state index in [9.17, 15) is 4.79 Å². The second kappa shape index (κ2) is 7.18. The van der Waals surface area contributed by atoms with Gasteiger partial charge in [-0.1, -0.05) is 18.2 Å². The Labute approximate surface area is 143 Å². The van der Waals surface area contributed by atoms with Gasteiger partial charge in [0.05, 0.1) is 17.8 Å². The van der Waals surface area contributed by atoms with E-state index in [1.165, 1.54) is 0 Å². The van der Waals surface area contributed by atoms with Crippen LogP contribution in [0.25, 0.3) is 5.69 Å². The first kappa shape index (κ1) is 16.7. The number of carbonyl (C=O) groups excluding carboxylic acids is 1. The van der Waals surface area contributed by atoms with E-state index in [1.807, 2.05) is 53.8 Å². The zero-order valence-corrected chi connectivity index (χ0v) is 14.5. The number of nitrogens with zero attached hydrogens (tertiary/aromatic N) is 3. The number of aromatic nitrogens is 2. The number of hydrogen-bond acceptors (Lipinski definition) is 3. The van der Waals surface area contributed by atoms with Crippen LogP contribution in [0.1, 0.15) is 36.2 Å². The Balaban J connectivity index is 1.78. The van der Waals surface area contributed by atoms with Crippen molar-refractivity contribution in [1.82, 2.24) is 14.7 Å². The predicted molar refractivity (Wildman–Crippen MR) is 95.1 cm³/mol. The molecule has 1 aliphatic rings. The first-order valence-electron chi connectivity index (χ1n) is 8.70. The fourth-order valence-electron chi connectivity index (χ4n) is 3.39. The van der Waals surface area contributed by atoms with Crippen molar-refractivity contribution in [3.05, 3.63) is 47.3 Å². The Morgan fingerprint density at radius 3 is 2.71 bits per heavy atom. The molecule has 128 valence electrons. The molecule has 3 rings (SSSR count). The lowest BCUT2D eigenvalue weighted by molar-refractivity contribution is -0.130. The SMILES string of the molecule is Cc1nn(-c2ccccc2)c(C)c1CC(=O)N1CCCC(N)CC1. The number of amides is 1. The lowest BCUT2D eigenvalue weighted by Crippen LogP contribution is -2.34. The Kier molecular flexibility index (Phi) is 5.00. The summed E-state index contributed by atoms with van der Waals surface area (Å²) in [7, 11) is 0. The second-order valence-electron chi connectivity index (χ2n) is 6.65. The second-order valence-corrected chi connectivity index (χ2v) is 6.65. The van der Waals surface area contributed by atoms with Crippen molar-refractivity contribution in [3.8, 4) is 5.69 Å². The van der Waals surface area contributed by atoms with Gasteiger partial charge in [-0.2, -0.15) is 5.10 Å². The molecule has 0 spiro atoms. The molecule has 1 saturated heterocycles. The summed E-state index contributed by atoms with van der Waals surface area (Å²) in [4.78, 5) is 14.7. The van der Waals surface area contributed by atoms with E-state index in [-0.39, 0.29) is 11.9 Å². The molecule has 1 aliphatic heterocycles. The normalized spacial score (nSPS) is 18.5. The summed E-state index contributed by atoms with van der Waals surface area (Å²) >= 11 is 0. The molecule has 1 aromatic heterocycles. The van der Waals surface area contributed by atoms with Gasteiger partial charge in [-0.25, -0.2) is 4.68 Å². The molecular formula is C19H26N4O. The molecule has 24 heavy (non-hydrogen) atoms. The predicted octanol–water partition coefficient (Wildman–Crippen LogP) is 2.37. The van der Waals surface area contributed by atoms with Crippen LogP contribution in [-0.4, -0.2) is 39.7 Å². The van der Waals surface area contributed by atoms with Crippen molar-refractivity contribution in [2.45, 2.75) is 45.6 Å². The fraction of sp³-hybridized carbons (Fsp3) is 0.474. The minimum absolute atomic E-state index is 0.183. The van der Waals surface area contributed by atoms with E-state index in [0.717, 1.165) is 55.0 Å². The number of rotatable bonds is 3. The summed E-state index contributed by atoms with van der Waals surface area (Å²) in [6.45, 7) is 5.60. The summed E-state index contributed by atoms with van der Waals surface area (Å²) in [5.41, 5.74) is 10.0. The van der Waals surface area contributed by atoms with Crippen molar-refractivity contribution in [1.29, 1.82) is 0 Å². The zero-order valence-electron chi connectivity index (χ0n) is 14.5. The van der Waals surface area contributed by atoms with Gasteiger partial charge in [0.15, 0.2) is 0 Å². The minimum Gasteiger partial charge on any atom is -0.342 e. The summed E-state index contributed by atoms with van der Waals surface area (Å²) in [5, 5.41) is 4.64. The smallest absolute Gasteiger partial charge is 0.227 e. The summed E-state index contributed by atoms with van der Waals surface area (Å²) in [6, 6.07) is 10.3. The molecule has 1 atom stereocenters. The maximum atomic E-state index is 12.7. The summed E-state index contributed by atoms with van der Waals surface area (Å²) < 4.78 is 1.93. The van der Waals surface area contributed by atoms with Crippen LogP contribution in [0.15, 0.2) is 30.3 Å². The average molecular weight is 326 g/mol. The van der Waals surface area contributed by atoms with Crippen LogP contribution in [0.2, 0.25) is 0 Å². The van der Waals surface area contributed by atoms with Crippen molar-refractivity contribution in [3.63, 3.8) is 0 Å². The molecule has 0 aliphatic carbocycles. The van der Waals surface area contributed by atoms with Gasteiger partial charge >= 0.3 is 0 Å². The molecule has 2 aromatic rings. The van der Waals surface area contributed by atoms with E-state index < -0.39 is 0 Å². The number of carbonyl (C=O) groups is 1. The highest BCUT2D eigenvalue weighted by Crippen LogP contribution is 2.20. The molecule has 0 bridgehead atoms. The van der Waals surface area contributed by atoms with Crippen LogP contribution in [0.3, 0.4) is 0 Å². The highest BCUT2D eigenvalue weighted by Gasteiger charge is 2.22. The van der Waals surface area contributed by atoms with Gasteiger partial charge < -0.3 is 10.6 Å². The Bertz CT molecular complexity index is 708. The highest BCUT2D eigenvalue weighted by molar-refractivity contribution is 5.79. The molecule has 1 amide bonds. The van der Waals surface area contributed by atoms with Crippen molar-refractivity contribution < 1.29 is 4.79 Å². The Morgan fingerprint density at radius 2 is 1.96 bits per heavy atom. The van der Waals surface area contributed by atoms with E-state index in [2.05, 4.69) is 5.10 Å². The number of para-hydroxylation sites is 1. The van der Waals surface area contributed by atoms with Crippen LogP contribution < -0.4 is 5.73 Å². The topological polar surface area (TPSA) is 64.2 Å². The van der Waals surface area contributed by atoms with E-state index in [4.69, 9.17) is 5.73 Å². The van der Waals surface area contributed by atoms with Crippen molar-refractivity contribution >= 4 is 5.91 Å². The lowest BCUT2D eigenvalue weighted by atomic mass is 10.1. The molecular weight excluding hydrogens is 300 g/mol. The number of hydrogen-bond donors (Lipinski definition) is 1. The maximum Gasteiger partial charge on any atom is 0.227 e. The Morgan fingerprint density at radius 1 is 1.21 bits per heavy atom. The van der Waals surface area contributed by atoms with Crippen LogP contribution in [0.5, 0.6) is 0 Å². The molecule has 1 aromatic carbocycles. The third-order valence-electron chi connectivity index (χ3n) is 4.90. The average Bonchev–Trinajstić information content (AvgIpc) is 2.76. The third-order valence-corrected chi connectivity index (χ3v) is 4.90. The molecule has 5 heteroatoms. The molecule has 2 heterocycles. The molecule has 5 nitrogen and oxygen atoms in total. The van der Waals surface area contributed by atoms with E-state index in [0.29, 0.717) is 6.42 Å². The number of aryl methyl sites for hydroxylation is 1. The van der Waals surface area contributed by atoms with Gasteiger partial charge in [0, 0.05) is 30.4 Å². The molecule has 2 N–H and O–H groups in total. The zero-order chi connectivity index (χ0) is 17.1. The number of benzene rings is 1. The molecule has 1 fully saturated rings. The lowest BCUT2D eigenvalue weighted by Gasteiger charge is -2.20. The van der Waals surface area contributed by atoms with Crippen LogP contribution >= 0.6 is 0 Å². The van der Waals surface area contributed by atoms with Crippen molar-refractivity contribution in [2.24, 2.45) is 5.73 Å². The van der Waals surface area contributed by atoms with Gasteiger partial charge in [-0.05, 0) is 45.2 Å². The van der Waals surface area contributed by atoms with Gasteiger partial charge in [-0.15, -0.1) is 0 Å². The highest BCUT2D eigenvalue weighted by atomic mass is 16.2. The van der Waals surface area contributed by atoms with E-state index in [1.54, 1.807) is 0 Å². The van der Waals surface area contributed by atoms with E-state index >= 15 is 0 Å². The standard InChI is InChI=1S/C19H26N4O/c1-14-18(13-19(24)22-11-6-7-16(20)10-12-22)15(2)23(21-14)17-8-4-3-5-9-17/h3-5,8-9,16H,6-7,10-13,20H2,1-2H3. The minimum atomic E-state index is 0.183. The maximum absolute atomic E-state index is 12.7. The third kappa shape index (κ3) is 3.51. The Hall–Kier alpha value is -2.14. The molecule has 1 unspecified atom stereocenters.